The molecule has 3 aromatic heterocycles. The van der Waals surface area contributed by atoms with E-state index in [-0.39, 0.29) is 0 Å². The Morgan fingerprint density at radius 2 is 2.26 bits per heavy atom. The molecule has 19 heavy (non-hydrogen) atoms. The van der Waals surface area contributed by atoms with Gasteiger partial charge in [-0.3, -0.25) is 0 Å². The number of anilines is 1. The molecule has 0 saturated carbocycles. The molecule has 0 radical (unpaired) electrons. The van der Waals surface area contributed by atoms with Crippen LogP contribution >= 0.6 is 27.3 Å². The Morgan fingerprint density at radius 3 is 3.00 bits per heavy atom. The minimum atomic E-state index is 0.516. The van der Waals surface area contributed by atoms with Gasteiger partial charge in [-0.2, -0.15) is 4.98 Å². The van der Waals surface area contributed by atoms with Crippen molar-refractivity contribution in [3.8, 4) is 0 Å². The highest BCUT2D eigenvalue weighted by Crippen LogP contribution is 2.33. The number of rotatable bonds is 3. The number of hydrogen-bond donors (Lipinski definition) is 0. The summed E-state index contributed by atoms with van der Waals surface area (Å²) in [5.74, 6) is 2.06. The van der Waals surface area contributed by atoms with Crippen LogP contribution in [0.1, 0.15) is 11.7 Å². The van der Waals surface area contributed by atoms with Crippen molar-refractivity contribution in [1.29, 1.82) is 0 Å². The van der Waals surface area contributed by atoms with Gasteiger partial charge >= 0.3 is 0 Å². The molecule has 6 nitrogen and oxygen atoms in total. The second-order valence-corrected chi connectivity index (χ2v) is 6.48. The molecule has 0 saturated heterocycles. The summed E-state index contributed by atoms with van der Waals surface area (Å²) in [6.07, 6.45) is 1.56. The molecule has 0 fully saturated rings. The van der Waals surface area contributed by atoms with E-state index < -0.39 is 0 Å². The van der Waals surface area contributed by atoms with Gasteiger partial charge in [-0.05, 0) is 28.9 Å². The van der Waals surface area contributed by atoms with Crippen LogP contribution < -0.4 is 4.90 Å². The summed E-state index contributed by atoms with van der Waals surface area (Å²) in [6.45, 7) is 2.31. The number of fused-ring (bicyclic) bond motifs is 1. The average Bonchev–Trinajstić information content (AvgIpc) is 2.93. The maximum absolute atomic E-state index is 5.12. The van der Waals surface area contributed by atoms with E-state index in [0.29, 0.717) is 18.3 Å². The second kappa shape index (κ2) is 4.86. The lowest BCUT2D eigenvalue weighted by Gasteiger charge is -2.15. The van der Waals surface area contributed by atoms with Gasteiger partial charge in [0, 0.05) is 7.05 Å². The first-order chi connectivity index (χ1) is 9.13. The smallest absolute Gasteiger partial charge is 0.246 e. The van der Waals surface area contributed by atoms with E-state index in [1.54, 1.807) is 24.6 Å². The Bertz CT molecular complexity index is 725. The SMILES string of the molecule is Cc1noc(CN(C)c2ncnc3cc(Br)sc23)n1. The van der Waals surface area contributed by atoms with Crippen LogP contribution in [0.2, 0.25) is 0 Å². The van der Waals surface area contributed by atoms with Gasteiger partial charge in [-0.15, -0.1) is 11.3 Å². The third-order valence-electron chi connectivity index (χ3n) is 2.57. The van der Waals surface area contributed by atoms with E-state index in [2.05, 4.69) is 36.0 Å². The van der Waals surface area contributed by atoms with Crippen LogP contribution in [0.25, 0.3) is 10.2 Å². The molecule has 0 spiro atoms. The molecule has 0 aliphatic heterocycles. The summed E-state index contributed by atoms with van der Waals surface area (Å²) >= 11 is 5.08. The van der Waals surface area contributed by atoms with Gasteiger partial charge in [0.1, 0.15) is 12.1 Å². The van der Waals surface area contributed by atoms with E-state index in [1.165, 1.54) is 0 Å². The van der Waals surface area contributed by atoms with Crippen LogP contribution in [-0.4, -0.2) is 27.2 Å². The van der Waals surface area contributed by atoms with E-state index >= 15 is 0 Å². The maximum atomic E-state index is 5.12. The Balaban J connectivity index is 1.94. The molecule has 0 amide bonds. The van der Waals surface area contributed by atoms with E-state index in [0.717, 1.165) is 19.8 Å². The molecular formula is C11H10BrN5OS. The van der Waals surface area contributed by atoms with Gasteiger partial charge in [0.15, 0.2) is 5.82 Å². The number of hydrogen-bond acceptors (Lipinski definition) is 7. The predicted molar refractivity (Wildman–Crippen MR) is 76.3 cm³/mol. The fraction of sp³-hybridized carbons (Fsp3) is 0.273. The molecule has 0 unspecified atom stereocenters. The van der Waals surface area contributed by atoms with Crippen molar-refractivity contribution in [2.45, 2.75) is 13.5 Å². The number of halogens is 1. The lowest BCUT2D eigenvalue weighted by molar-refractivity contribution is 0.374. The van der Waals surface area contributed by atoms with Gasteiger partial charge in [0.25, 0.3) is 0 Å². The zero-order valence-corrected chi connectivity index (χ0v) is 12.7. The molecule has 3 aromatic rings. The maximum Gasteiger partial charge on any atom is 0.246 e. The number of aromatic nitrogens is 4. The fourth-order valence-corrected chi connectivity index (χ4v) is 3.35. The zero-order chi connectivity index (χ0) is 13.4. The van der Waals surface area contributed by atoms with Crippen molar-refractivity contribution in [3.63, 3.8) is 0 Å². The summed E-state index contributed by atoms with van der Waals surface area (Å²) in [6, 6.07) is 1.98. The molecule has 0 aliphatic carbocycles. The summed E-state index contributed by atoms with van der Waals surface area (Å²) in [7, 11) is 1.94. The van der Waals surface area contributed by atoms with Crippen LogP contribution in [0.15, 0.2) is 20.7 Å². The zero-order valence-electron chi connectivity index (χ0n) is 10.3. The van der Waals surface area contributed by atoms with Gasteiger partial charge in [0.2, 0.25) is 5.89 Å². The van der Waals surface area contributed by atoms with Crippen molar-refractivity contribution >= 4 is 43.3 Å². The van der Waals surface area contributed by atoms with Gasteiger partial charge in [-0.25, -0.2) is 9.97 Å². The van der Waals surface area contributed by atoms with Crippen molar-refractivity contribution in [2.24, 2.45) is 0 Å². The first-order valence-electron chi connectivity index (χ1n) is 5.54. The largest absolute Gasteiger partial charge is 0.349 e. The third kappa shape index (κ3) is 2.45. The van der Waals surface area contributed by atoms with Gasteiger partial charge in [-0.1, -0.05) is 5.16 Å². The average molecular weight is 340 g/mol. The predicted octanol–water partition coefficient (Wildman–Crippen LogP) is 2.78. The topological polar surface area (TPSA) is 67.9 Å². The Labute approximate surface area is 121 Å². The van der Waals surface area contributed by atoms with Gasteiger partial charge in [0.05, 0.1) is 20.5 Å². The number of nitrogens with zero attached hydrogens (tertiary/aromatic N) is 5. The lowest BCUT2D eigenvalue weighted by atomic mass is 10.4. The number of aryl methyl sites for hydroxylation is 1. The first-order valence-corrected chi connectivity index (χ1v) is 7.15. The molecular weight excluding hydrogens is 330 g/mol. The lowest BCUT2D eigenvalue weighted by Crippen LogP contribution is -2.18. The molecule has 0 atom stereocenters. The van der Waals surface area contributed by atoms with E-state index in [4.69, 9.17) is 4.52 Å². The van der Waals surface area contributed by atoms with Crippen molar-refractivity contribution < 1.29 is 4.52 Å². The molecule has 0 aliphatic rings. The van der Waals surface area contributed by atoms with E-state index in [1.807, 2.05) is 18.0 Å². The Morgan fingerprint density at radius 1 is 1.42 bits per heavy atom. The highest BCUT2D eigenvalue weighted by Gasteiger charge is 2.14. The molecule has 3 heterocycles. The Hall–Kier alpha value is -1.54. The van der Waals surface area contributed by atoms with Crippen LogP contribution in [-0.2, 0) is 6.54 Å². The van der Waals surface area contributed by atoms with Crippen molar-refractivity contribution in [2.75, 3.05) is 11.9 Å². The van der Waals surface area contributed by atoms with Crippen LogP contribution in [0, 0.1) is 6.92 Å². The quantitative estimate of drug-likeness (QED) is 0.730. The first kappa shape index (κ1) is 12.5. The van der Waals surface area contributed by atoms with Crippen LogP contribution in [0.4, 0.5) is 5.82 Å². The van der Waals surface area contributed by atoms with Crippen LogP contribution in [0.5, 0.6) is 0 Å². The molecule has 0 N–H and O–H groups in total. The summed E-state index contributed by atoms with van der Waals surface area (Å²) < 4.78 is 7.19. The highest BCUT2D eigenvalue weighted by molar-refractivity contribution is 9.11. The Kier molecular flexibility index (Phi) is 3.19. The summed E-state index contributed by atoms with van der Waals surface area (Å²) in [5, 5.41) is 3.78. The van der Waals surface area contributed by atoms with Crippen molar-refractivity contribution in [3.05, 3.63) is 27.9 Å². The van der Waals surface area contributed by atoms with Crippen LogP contribution in [0.3, 0.4) is 0 Å². The summed E-state index contributed by atoms with van der Waals surface area (Å²) in [5.41, 5.74) is 0.926. The minimum Gasteiger partial charge on any atom is -0.349 e. The number of thiophene rings is 1. The fourth-order valence-electron chi connectivity index (χ4n) is 1.77. The summed E-state index contributed by atoms with van der Waals surface area (Å²) in [4.78, 5) is 14.7. The normalized spacial score (nSPS) is 11.1. The highest BCUT2D eigenvalue weighted by atomic mass is 79.9. The minimum absolute atomic E-state index is 0.516. The third-order valence-corrected chi connectivity index (χ3v) is 4.19. The molecule has 8 heteroatoms. The van der Waals surface area contributed by atoms with Crippen molar-refractivity contribution in [1.82, 2.24) is 20.1 Å². The monoisotopic (exact) mass is 339 g/mol. The van der Waals surface area contributed by atoms with Gasteiger partial charge < -0.3 is 9.42 Å². The standard InChI is InChI=1S/C11H10BrN5OS/c1-6-15-9(18-16-6)4-17(2)11-10-7(13-5-14-11)3-8(12)19-10/h3,5H,4H2,1-2H3. The van der Waals surface area contributed by atoms with E-state index in [9.17, 15) is 0 Å². The second-order valence-electron chi connectivity index (χ2n) is 4.05. The molecule has 98 valence electrons. The molecule has 0 bridgehead atoms. The molecule has 0 aromatic carbocycles. The molecule has 3 rings (SSSR count).